The Morgan fingerprint density at radius 2 is 1.56 bits per heavy atom. The minimum atomic E-state index is -1.35. The van der Waals surface area contributed by atoms with Crippen molar-refractivity contribution < 1.29 is 28.6 Å². The maximum atomic E-state index is 11.4. The summed E-state index contributed by atoms with van der Waals surface area (Å²) >= 11 is 0. The van der Waals surface area contributed by atoms with Crippen molar-refractivity contribution in [3.8, 4) is 11.5 Å². The molecule has 0 radical (unpaired) electrons. The topological polar surface area (TPSA) is 82.1 Å². The van der Waals surface area contributed by atoms with E-state index in [1.165, 1.54) is 38.5 Å². The third-order valence-corrected chi connectivity index (χ3v) is 5.17. The van der Waals surface area contributed by atoms with E-state index in [4.69, 9.17) is 9.47 Å². The molecule has 3 rings (SSSR count). The summed E-state index contributed by atoms with van der Waals surface area (Å²) in [6.07, 6.45) is 8.61. The summed E-state index contributed by atoms with van der Waals surface area (Å²) in [5, 5.41) is 0. The third kappa shape index (κ3) is 5.29. The van der Waals surface area contributed by atoms with Gasteiger partial charge in [0.1, 0.15) is 17.6 Å². The Bertz CT molecular complexity index is 653. The minimum Gasteiger partial charge on any atom is -0.489 e. The molecule has 0 N–H and O–H groups in total. The van der Waals surface area contributed by atoms with Crippen molar-refractivity contribution in [1.82, 2.24) is 4.90 Å². The molecule has 0 spiro atoms. The van der Waals surface area contributed by atoms with Gasteiger partial charge >= 0.3 is 18.4 Å². The zero-order valence-electron chi connectivity index (χ0n) is 15.3. The molecule has 1 heterocycles. The van der Waals surface area contributed by atoms with E-state index < -0.39 is 11.9 Å². The van der Waals surface area contributed by atoms with Crippen molar-refractivity contribution >= 4 is 18.4 Å². The molecular formula is C20H25NO6. The molecule has 0 amide bonds. The fourth-order valence-electron chi connectivity index (χ4n) is 3.88. The summed E-state index contributed by atoms with van der Waals surface area (Å²) in [5.74, 6) is -1.70. The number of carbonyl (C=O) groups is 3. The number of carbonyl (C=O) groups excluding carboxylic acids is 3. The summed E-state index contributed by atoms with van der Waals surface area (Å²) < 4.78 is 15.0. The molecule has 27 heavy (non-hydrogen) atoms. The van der Waals surface area contributed by atoms with Crippen LogP contribution in [-0.2, 0) is 19.1 Å². The molecule has 1 aliphatic heterocycles. The quantitative estimate of drug-likeness (QED) is 0.257. The second-order valence-electron chi connectivity index (χ2n) is 6.97. The van der Waals surface area contributed by atoms with Gasteiger partial charge in [0.15, 0.2) is 0 Å². The Labute approximate surface area is 158 Å². The Kier molecular flexibility index (Phi) is 6.81. The first kappa shape index (κ1) is 19.4. The highest BCUT2D eigenvalue weighted by Crippen LogP contribution is 2.30. The molecule has 0 aromatic heterocycles. The largest absolute Gasteiger partial charge is 0.489 e. The predicted octanol–water partition coefficient (Wildman–Crippen LogP) is 2.47. The van der Waals surface area contributed by atoms with E-state index in [2.05, 4.69) is 9.64 Å². The Morgan fingerprint density at radius 3 is 2.26 bits per heavy atom. The van der Waals surface area contributed by atoms with Crippen LogP contribution in [0, 0.1) is 0 Å². The Hall–Kier alpha value is -2.41. The molecule has 2 unspecified atom stereocenters. The van der Waals surface area contributed by atoms with E-state index >= 15 is 0 Å². The molecule has 2 fully saturated rings. The van der Waals surface area contributed by atoms with Crippen LogP contribution in [0.15, 0.2) is 24.3 Å². The van der Waals surface area contributed by atoms with E-state index in [0.717, 1.165) is 19.5 Å². The van der Waals surface area contributed by atoms with Crippen LogP contribution in [-0.4, -0.2) is 48.5 Å². The summed E-state index contributed by atoms with van der Waals surface area (Å²) in [6, 6.07) is 7.00. The first-order chi connectivity index (χ1) is 13.2. The lowest BCUT2D eigenvalue weighted by Gasteiger charge is -2.41. The van der Waals surface area contributed by atoms with Gasteiger partial charge in [-0.05, 0) is 69.5 Å². The molecule has 2 atom stereocenters. The molecule has 1 aliphatic carbocycles. The van der Waals surface area contributed by atoms with Crippen LogP contribution >= 0.6 is 0 Å². The van der Waals surface area contributed by atoms with Crippen LogP contribution in [0.4, 0.5) is 0 Å². The molecule has 1 aromatic rings. The van der Waals surface area contributed by atoms with Crippen LogP contribution in [0.25, 0.3) is 0 Å². The lowest BCUT2D eigenvalue weighted by Crippen LogP contribution is -2.49. The van der Waals surface area contributed by atoms with Gasteiger partial charge in [-0.1, -0.05) is 12.8 Å². The van der Waals surface area contributed by atoms with Crippen LogP contribution in [0.5, 0.6) is 11.5 Å². The minimum absolute atomic E-state index is 0.108. The van der Waals surface area contributed by atoms with Gasteiger partial charge in [0.05, 0.1) is 0 Å². The molecule has 2 aliphatic rings. The molecule has 146 valence electrons. The zero-order chi connectivity index (χ0) is 19.1. The van der Waals surface area contributed by atoms with Gasteiger partial charge in [-0.3, -0.25) is 9.69 Å². The Morgan fingerprint density at radius 1 is 0.889 bits per heavy atom. The van der Waals surface area contributed by atoms with E-state index in [1.807, 2.05) is 0 Å². The second kappa shape index (κ2) is 9.50. The molecule has 7 heteroatoms. The van der Waals surface area contributed by atoms with Gasteiger partial charge in [0.25, 0.3) is 0 Å². The smallest absolute Gasteiger partial charge is 0.425 e. The molecule has 1 aromatic carbocycles. The number of hydrogen-bond acceptors (Lipinski definition) is 7. The number of ether oxygens (including phenoxy) is 3. The maximum absolute atomic E-state index is 11.4. The summed E-state index contributed by atoms with van der Waals surface area (Å²) in [5.41, 5.74) is 0. The molecular weight excluding hydrogens is 350 g/mol. The van der Waals surface area contributed by atoms with Crippen molar-refractivity contribution in [2.75, 3.05) is 13.1 Å². The lowest BCUT2D eigenvalue weighted by atomic mass is 9.90. The van der Waals surface area contributed by atoms with E-state index in [1.54, 1.807) is 24.3 Å². The van der Waals surface area contributed by atoms with E-state index in [-0.39, 0.29) is 18.3 Å². The number of nitrogens with zero attached hydrogens (tertiary/aromatic N) is 1. The van der Waals surface area contributed by atoms with E-state index in [9.17, 15) is 14.4 Å². The highest BCUT2D eigenvalue weighted by Gasteiger charge is 2.32. The fraction of sp³-hybridized carbons (Fsp3) is 0.550. The van der Waals surface area contributed by atoms with Crippen LogP contribution in [0.2, 0.25) is 0 Å². The first-order valence-corrected chi connectivity index (χ1v) is 9.54. The van der Waals surface area contributed by atoms with Gasteiger partial charge in [0.2, 0.25) is 0 Å². The number of hydrogen-bond donors (Lipinski definition) is 0. The van der Waals surface area contributed by atoms with Gasteiger partial charge in [-0.15, -0.1) is 0 Å². The number of esters is 2. The van der Waals surface area contributed by atoms with E-state index in [0.29, 0.717) is 11.8 Å². The number of rotatable bonds is 5. The average Bonchev–Trinajstić information content (AvgIpc) is 2.71. The van der Waals surface area contributed by atoms with Gasteiger partial charge < -0.3 is 14.2 Å². The van der Waals surface area contributed by atoms with Crippen LogP contribution in [0.1, 0.15) is 44.9 Å². The van der Waals surface area contributed by atoms with Crippen LogP contribution in [0.3, 0.4) is 0 Å². The molecule has 7 nitrogen and oxygen atoms in total. The van der Waals surface area contributed by atoms with Crippen molar-refractivity contribution in [3.05, 3.63) is 24.3 Å². The predicted molar refractivity (Wildman–Crippen MR) is 96.3 cm³/mol. The fourth-order valence-corrected chi connectivity index (χ4v) is 3.88. The number of likely N-dealkylation sites (tertiary alicyclic amines) is 1. The second-order valence-corrected chi connectivity index (χ2v) is 6.97. The third-order valence-electron chi connectivity index (χ3n) is 5.17. The summed E-state index contributed by atoms with van der Waals surface area (Å²) in [4.78, 5) is 35.2. The monoisotopic (exact) mass is 375 g/mol. The average molecular weight is 375 g/mol. The summed E-state index contributed by atoms with van der Waals surface area (Å²) in [7, 11) is 0. The van der Waals surface area contributed by atoms with Crippen LogP contribution < -0.4 is 9.47 Å². The molecule has 0 bridgehead atoms. The molecule has 1 saturated carbocycles. The standard InChI is InChI=1S/C20H25NO6/c22-14-25-19(23)20(24)27-16-10-8-15(9-11-16)26-18-7-3-2-6-17(18)21-12-4-1-5-13-21/h8-11,14,17-18H,1-7,12-13H2. The van der Waals surface area contributed by atoms with Gasteiger partial charge in [-0.25, -0.2) is 9.59 Å². The maximum Gasteiger partial charge on any atom is 0.425 e. The zero-order valence-corrected chi connectivity index (χ0v) is 15.3. The SMILES string of the molecule is O=COC(=O)C(=O)Oc1ccc(OC2CCCCC2N2CCCCC2)cc1. The highest BCUT2D eigenvalue weighted by atomic mass is 16.6. The number of benzene rings is 1. The Balaban J connectivity index is 1.58. The summed E-state index contributed by atoms with van der Waals surface area (Å²) in [6.45, 7) is 2.19. The highest BCUT2D eigenvalue weighted by molar-refractivity contribution is 6.31. The van der Waals surface area contributed by atoms with Crippen molar-refractivity contribution in [2.24, 2.45) is 0 Å². The normalized spacial score (nSPS) is 23.3. The number of piperidine rings is 1. The van der Waals surface area contributed by atoms with Gasteiger partial charge in [-0.2, -0.15) is 0 Å². The first-order valence-electron chi connectivity index (χ1n) is 9.54. The van der Waals surface area contributed by atoms with Gasteiger partial charge in [0, 0.05) is 6.04 Å². The van der Waals surface area contributed by atoms with Crippen molar-refractivity contribution in [3.63, 3.8) is 0 Å². The molecule has 1 saturated heterocycles. The lowest BCUT2D eigenvalue weighted by molar-refractivity contribution is -0.164. The van der Waals surface area contributed by atoms with Crippen molar-refractivity contribution in [1.29, 1.82) is 0 Å². The van der Waals surface area contributed by atoms with Crippen molar-refractivity contribution in [2.45, 2.75) is 57.1 Å².